The fourth-order valence-corrected chi connectivity index (χ4v) is 3.17. The van der Waals surface area contributed by atoms with Gasteiger partial charge in [0.2, 0.25) is 15.9 Å². The van der Waals surface area contributed by atoms with Gasteiger partial charge in [-0.3, -0.25) is 4.79 Å². The highest BCUT2D eigenvalue weighted by Gasteiger charge is 2.30. The Labute approximate surface area is 153 Å². The van der Waals surface area contributed by atoms with Gasteiger partial charge in [0.25, 0.3) is 0 Å². The summed E-state index contributed by atoms with van der Waals surface area (Å²) in [6, 6.07) is 10.5. The van der Waals surface area contributed by atoms with E-state index in [9.17, 15) is 30.8 Å². The van der Waals surface area contributed by atoms with Crippen LogP contribution in [0.15, 0.2) is 53.4 Å². The molecule has 0 fully saturated rings. The third-order valence-electron chi connectivity index (χ3n) is 3.44. The molecule has 0 spiro atoms. The highest BCUT2D eigenvalue weighted by Crippen LogP contribution is 2.17. The number of sulfonamides is 1. The van der Waals surface area contributed by atoms with Crippen LogP contribution in [0.2, 0.25) is 0 Å². The number of rotatable bonds is 7. The third kappa shape index (κ3) is 6.99. The van der Waals surface area contributed by atoms with Crippen LogP contribution in [0.3, 0.4) is 0 Å². The van der Waals surface area contributed by atoms with E-state index in [4.69, 9.17) is 0 Å². The van der Waals surface area contributed by atoms with E-state index in [0.717, 1.165) is 12.1 Å². The van der Waals surface area contributed by atoms with Crippen molar-refractivity contribution in [2.24, 2.45) is 0 Å². The number of alkyl halides is 3. The monoisotopic (exact) mass is 404 g/mol. The molecule has 2 rings (SSSR count). The standard InChI is InChI=1S/C17H16F4N2O3S/c18-13-3-1-2-12(10-13)4-9-16(24)23-14-5-7-15(8-6-14)27(25,26)22-11-17(19,20)21/h1-3,5-8,10,22H,4,9,11H2,(H,23,24). The van der Waals surface area contributed by atoms with Gasteiger partial charge in [0.05, 0.1) is 4.90 Å². The van der Waals surface area contributed by atoms with Gasteiger partial charge in [-0.1, -0.05) is 12.1 Å². The van der Waals surface area contributed by atoms with Crippen molar-refractivity contribution in [3.8, 4) is 0 Å². The van der Waals surface area contributed by atoms with Gasteiger partial charge >= 0.3 is 6.18 Å². The summed E-state index contributed by atoms with van der Waals surface area (Å²) in [6.07, 6.45) is -4.27. The van der Waals surface area contributed by atoms with Crippen molar-refractivity contribution in [1.82, 2.24) is 4.72 Å². The minimum Gasteiger partial charge on any atom is -0.326 e. The molecule has 0 radical (unpaired) electrons. The lowest BCUT2D eigenvalue weighted by atomic mass is 10.1. The van der Waals surface area contributed by atoms with Crippen LogP contribution in [-0.4, -0.2) is 27.0 Å². The first-order chi connectivity index (χ1) is 12.5. The van der Waals surface area contributed by atoms with E-state index in [1.807, 2.05) is 0 Å². The maximum Gasteiger partial charge on any atom is 0.402 e. The molecule has 0 atom stereocenters. The molecule has 2 aromatic carbocycles. The molecule has 0 heterocycles. The van der Waals surface area contributed by atoms with Crippen molar-refractivity contribution in [2.45, 2.75) is 23.9 Å². The van der Waals surface area contributed by atoms with E-state index in [2.05, 4.69) is 5.32 Å². The van der Waals surface area contributed by atoms with Crippen molar-refractivity contribution in [2.75, 3.05) is 11.9 Å². The molecule has 0 aliphatic heterocycles. The number of aryl methyl sites for hydroxylation is 1. The second-order valence-corrected chi connectivity index (χ2v) is 7.41. The summed E-state index contributed by atoms with van der Waals surface area (Å²) in [5.41, 5.74) is 0.941. The zero-order chi connectivity index (χ0) is 20.1. The van der Waals surface area contributed by atoms with Crippen molar-refractivity contribution in [3.63, 3.8) is 0 Å². The van der Waals surface area contributed by atoms with Crippen LogP contribution < -0.4 is 10.0 Å². The van der Waals surface area contributed by atoms with Crippen LogP contribution in [0.4, 0.5) is 23.2 Å². The Morgan fingerprint density at radius 1 is 1.04 bits per heavy atom. The van der Waals surface area contributed by atoms with Gasteiger partial charge in [0.1, 0.15) is 12.4 Å². The molecule has 146 valence electrons. The zero-order valence-electron chi connectivity index (χ0n) is 13.9. The van der Waals surface area contributed by atoms with Crippen LogP contribution in [-0.2, 0) is 21.2 Å². The molecule has 0 unspecified atom stereocenters. The second-order valence-electron chi connectivity index (χ2n) is 5.64. The molecule has 0 aliphatic carbocycles. The average Bonchev–Trinajstić information content (AvgIpc) is 2.58. The largest absolute Gasteiger partial charge is 0.402 e. The first-order valence-corrected chi connectivity index (χ1v) is 9.24. The van der Waals surface area contributed by atoms with E-state index in [0.29, 0.717) is 12.0 Å². The SMILES string of the molecule is O=C(CCc1cccc(F)c1)Nc1ccc(S(=O)(=O)NCC(F)(F)F)cc1. The Balaban J connectivity index is 1.92. The number of amides is 1. The van der Waals surface area contributed by atoms with Crippen LogP contribution in [0, 0.1) is 5.82 Å². The molecule has 0 saturated heterocycles. The Kier molecular flexibility index (Phi) is 6.55. The van der Waals surface area contributed by atoms with Crippen molar-refractivity contribution in [1.29, 1.82) is 0 Å². The average molecular weight is 404 g/mol. The number of benzene rings is 2. The predicted molar refractivity (Wildman–Crippen MR) is 91.0 cm³/mol. The van der Waals surface area contributed by atoms with Crippen LogP contribution in [0.5, 0.6) is 0 Å². The van der Waals surface area contributed by atoms with Crippen LogP contribution >= 0.6 is 0 Å². The third-order valence-corrected chi connectivity index (χ3v) is 4.86. The topological polar surface area (TPSA) is 75.3 Å². The summed E-state index contributed by atoms with van der Waals surface area (Å²) in [6.45, 7) is -1.67. The van der Waals surface area contributed by atoms with Gasteiger partial charge in [-0.15, -0.1) is 0 Å². The molecule has 10 heteroatoms. The number of nitrogens with one attached hydrogen (secondary N) is 2. The molecular formula is C17H16F4N2O3S. The molecule has 2 aromatic rings. The maximum absolute atomic E-state index is 13.1. The highest BCUT2D eigenvalue weighted by molar-refractivity contribution is 7.89. The lowest BCUT2D eigenvalue weighted by molar-refractivity contribution is -0.121. The van der Waals surface area contributed by atoms with Gasteiger partial charge in [-0.2, -0.15) is 13.2 Å². The van der Waals surface area contributed by atoms with Crippen LogP contribution in [0.1, 0.15) is 12.0 Å². The Morgan fingerprint density at radius 2 is 1.70 bits per heavy atom. The number of hydrogen-bond donors (Lipinski definition) is 2. The molecule has 1 amide bonds. The molecule has 2 N–H and O–H groups in total. The zero-order valence-corrected chi connectivity index (χ0v) is 14.7. The highest BCUT2D eigenvalue weighted by atomic mass is 32.2. The number of carbonyl (C=O) groups is 1. The second kappa shape index (κ2) is 8.49. The lowest BCUT2D eigenvalue weighted by Crippen LogP contribution is -2.33. The van der Waals surface area contributed by atoms with E-state index in [-0.39, 0.29) is 22.9 Å². The van der Waals surface area contributed by atoms with Crippen molar-refractivity contribution >= 4 is 21.6 Å². The van der Waals surface area contributed by atoms with Gasteiger partial charge in [0.15, 0.2) is 0 Å². The van der Waals surface area contributed by atoms with Crippen molar-refractivity contribution in [3.05, 3.63) is 59.9 Å². The van der Waals surface area contributed by atoms with Gasteiger partial charge in [-0.25, -0.2) is 17.5 Å². The Morgan fingerprint density at radius 3 is 2.30 bits per heavy atom. The summed E-state index contributed by atoms with van der Waals surface area (Å²) in [7, 11) is -4.31. The lowest BCUT2D eigenvalue weighted by Gasteiger charge is -2.10. The van der Waals surface area contributed by atoms with Gasteiger partial charge in [0, 0.05) is 12.1 Å². The normalized spacial score (nSPS) is 12.0. The van der Waals surface area contributed by atoms with Gasteiger partial charge < -0.3 is 5.32 Å². The van der Waals surface area contributed by atoms with Crippen LogP contribution in [0.25, 0.3) is 0 Å². The molecule has 5 nitrogen and oxygen atoms in total. The summed E-state index contributed by atoms with van der Waals surface area (Å²) in [4.78, 5) is 11.5. The number of carbonyl (C=O) groups excluding carboxylic acids is 1. The first kappa shape index (κ1) is 20.8. The van der Waals surface area contributed by atoms with E-state index >= 15 is 0 Å². The van der Waals surface area contributed by atoms with Crippen molar-refractivity contribution < 1.29 is 30.8 Å². The smallest absolute Gasteiger partial charge is 0.326 e. The Bertz CT molecular complexity index is 897. The summed E-state index contributed by atoms with van der Waals surface area (Å²) in [5, 5.41) is 2.53. The molecule has 27 heavy (non-hydrogen) atoms. The number of anilines is 1. The molecule has 0 saturated carbocycles. The summed E-state index contributed by atoms with van der Waals surface area (Å²) < 4.78 is 74.5. The van der Waals surface area contributed by atoms with E-state index < -0.39 is 28.6 Å². The summed E-state index contributed by atoms with van der Waals surface area (Å²) in [5.74, 6) is -0.770. The molecule has 0 aliphatic rings. The number of hydrogen-bond acceptors (Lipinski definition) is 3. The molecule has 0 bridgehead atoms. The minimum atomic E-state index is -4.66. The minimum absolute atomic E-state index is 0.0800. The molecule has 0 aromatic heterocycles. The Hall–Kier alpha value is -2.46. The van der Waals surface area contributed by atoms with Gasteiger partial charge in [-0.05, 0) is 48.4 Å². The predicted octanol–water partition coefficient (Wildman–Crippen LogP) is 3.24. The quantitative estimate of drug-likeness (QED) is 0.696. The maximum atomic E-state index is 13.1. The summed E-state index contributed by atoms with van der Waals surface area (Å²) >= 11 is 0. The molecular weight excluding hydrogens is 388 g/mol. The van der Waals surface area contributed by atoms with E-state index in [1.54, 1.807) is 6.07 Å². The number of halogens is 4. The fraction of sp³-hybridized carbons (Fsp3) is 0.235. The fourth-order valence-electron chi connectivity index (χ4n) is 2.15. The van der Waals surface area contributed by atoms with E-state index in [1.165, 1.54) is 35.1 Å². The first-order valence-electron chi connectivity index (χ1n) is 7.76.